The normalized spacial score (nSPS) is 12.5. The zero-order chi connectivity index (χ0) is 12.3. The van der Waals surface area contributed by atoms with Crippen molar-refractivity contribution in [3.05, 3.63) is 35.6 Å². The predicted octanol–water partition coefficient (Wildman–Crippen LogP) is 3.31. The number of nitrogens with one attached hydrogen (secondary N) is 1. The van der Waals surface area contributed by atoms with Gasteiger partial charge in [0.2, 0.25) is 0 Å². The van der Waals surface area contributed by atoms with Gasteiger partial charge in [-0.3, -0.25) is 0 Å². The molecule has 1 aromatic carbocycles. The number of rotatable bonds is 4. The number of nitriles is 1. The molecule has 0 radical (unpaired) electrons. The van der Waals surface area contributed by atoms with Crippen LogP contribution in [0.25, 0.3) is 11.0 Å². The number of aryl methyl sites for hydroxylation is 1. The van der Waals surface area contributed by atoms with Gasteiger partial charge in [0.1, 0.15) is 11.3 Å². The van der Waals surface area contributed by atoms with Gasteiger partial charge in [0.25, 0.3) is 0 Å². The second-order valence-corrected chi connectivity index (χ2v) is 4.17. The Hall–Kier alpha value is -1.79. The Labute approximate surface area is 101 Å². The zero-order valence-corrected chi connectivity index (χ0v) is 10.2. The first kappa shape index (κ1) is 11.7. The summed E-state index contributed by atoms with van der Waals surface area (Å²) in [5.41, 5.74) is 2.10. The Morgan fingerprint density at radius 2 is 2.18 bits per heavy atom. The summed E-state index contributed by atoms with van der Waals surface area (Å²) in [5, 5.41) is 13.0. The molecule has 1 atom stereocenters. The van der Waals surface area contributed by atoms with Crippen LogP contribution in [0.4, 0.5) is 0 Å². The maximum absolute atomic E-state index is 8.51. The Kier molecular flexibility index (Phi) is 3.46. The molecule has 17 heavy (non-hydrogen) atoms. The minimum atomic E-state index is 0.135. The highest BCUT2D eigenvalue weighted by molar-refractivity contribution is 5.82. The number of benzene rings is 1. The van der Waals surface area contributed by atoms with Crippen LogP contribution in [0.3, 0.4) is 0 Å². The van der Waals surface area contributed by atoms with E-state index in [2.05, 4.69) is 31.3 Å². The maximum Gasteiger partial charge on any atom is 0.134 e. The Balaban J connectivity index is 2.23. The van der Waals surface area contributed by atoms with E-state index < -0.39 is 0 Å². The molecular formula is C14H16N2O. The molecule has 1 N–H and O–H groups in total. The van der Waals surface area contributed by atoms with Gasteiger partial charge in [-0.05, 0) is 25.5 Å². The summed E-state index contributed by atoms with van der Waals surface area (Å²) in [4.78, 5) is 0. The van der Waals surface area contributed by atoms with Crippen LogP contribution < -0.4 is 5.32 Å². The van der Waals surface area contributed by atoms with Crippen molar-refractivity contribution in [2.45, 2.75) is 26.3 Å². The van der Waals surface area contributed by atoms with Crippen LogP contribution in [0, 0.1) is 18.3 Å². The van der Waals surface area contributed by atoms with E-state index in [4.69, 9.17) is 9.68 Å². The molecule has 0 bridgehead atoms. The van der Waals surface area contributed by atoms with Crippen LogP contribution in [0.5, 0.6) is 0 Å². The summed E-state index contributed by atoms with van der Waals surface area (Å²) in [6.45, 7) is 4.82. The van der Waals surface area contributed by atoms with Crippen molar-refractivity contribution in [1.29, 1.82) is 5.26 Å². The first-order chi connectivity index (χ1) is 8.24. The van der Waals surface area contributed by atoms with Gasteiger partial charge in [-0.25, -0.2) is 0 Å². The van der Waals surface area contributed by atoms with Crippen LogP contribution in [0.2, 0.25) is 0 Å². The molecule has 1 unspecified atom stereocenters. The smallest absolute Gasteiger partial charge is 0.134 e. The molecule has 3 nitrogen and oxygen atoms in total. The number of para-hydroxylation sites is 1. The Morgan fingerprint density at radius 1 is 1.41 bits per heavy atom. The van der Waals surface area contributed by atoms with Gasteiger partial charge in [0, 0.05) is 18.4 Å². The minimum absolute atomic E-state index is 0.135. The van der Waals surface area contributed by atoms with Crippen molar-refractivity contribution < 1.29 is 4.42 Å². The van der Waals surface area contributed by atoms with E-state index in [-0.39, 0.29) is 6.04 Å². The second-order valence-electron chi connectivity index (χ2n) is 4.17. The lowest BCUT2D eigenvalue weighted by Crippen LogP contribution is -2.19. The number of fused-ring (bicyclic) bond motifs is 1. The van der Waals surface area contributed by atoms with Gasteiger partial charge in [-0.15, -0.1) is 0 Å². The first-order valence-corrected chi connectivity index (χ1v) is 5.82. The summed E-state index contributed by atoms with van der Waals surface area (Å²) in [6, 6.07) is 10.3. The van der Waals surface area contributed by atoms with E-state index >= 15 is 0 Å². The molecule has 0 saturated carbocycles. The molecule has 1 heterocycles. The summed E-state index contributed by atoms with van der Waals surface area (Å²) in [7, 11) is 0. The fourth-order valence-electron chi connectivity index (χ4n) is 2.04. The van der Waals surface area contributed by atoms with Crippen LogP contribution in [0.1, 0.15) is 30.7 Å². The SMILES string of the molecule is Cc1c(C(C)NCCC#N)oc2ccccc12. The molecule has 0 aliphatic heterocycles. The molecule has 88 valence electrons. The average Bonchev–Trinajstić information content (AvgIpc) is 2.68. The number of hydrogen-bond donors (Lipinski definition) is 1. The molecule has 1 aromatic heterocycles. The van der Waals surface area contributed by atoms with Crippen molar-refractivity contribution in [3.63, 3.8) is 0 Å². The van der Waals surface area contributed by atoms with Crippen molar-refractivity contribution in [2.75, 3.05) is 6.54 Å². The standard InChI is InChI=1S/C14H16N2O/c1-10-12-6-3-4-7-13(12)17-14(10)11(2)16-9-5-8-15/h3-4,6-7,11,16H,5,9H2,1-2H3. The maximum atomic E-state index is 8.51. The zero-order valence-electron chi connectivity index (χ0n) is 10.2. The molecule has 3 heteroatoms. The van der Waals surface area contributed by atoms with E-state index in [9.17, 15) is 0 Å². The second kappa shape index (κ2) is 5.03. The monoisotopic (exact) mass is 228 g/mol. The highest BCUT2D eigenvalue weighted by Crippen LogP contribution is 2.28. The molecular weight excluding hydrogens is 212 g/mol. The molecule has 2 aromatic rings. The fraction of sp³-hybridized carbons (Fsp3) is 0.357. The van der Waals surface area contributed by atoms with E-state index in [1.54, 1.807) is 0 Å². The summed E-state index contributed by atoms with van der Waals surface area (Å²) in [6.07, 6.45) is 0.517. The number of furan rings is 1. The Morgan fingerprint density at radius 3 is 2.88 bits per heavy atom. The number of hydrogen-bond acceptors (Lipinski definition) is 3. The minimum Gasteiger partial charge on any atom is -0.459 e. The van der Waals surface area contributed by atoms with E-state index in [0.717, 1.165) is 16.7 Å². The van der Waals surface area contributed by atoms with Crippen molar-refractivity contribution in [1.82, 2.24) is 5.32 Å². The molecule has 0 aliphatic carbocycles. The van der Waals surface area contributed by atoms with E-state index in [1.807, 2.05) is 18.2 Å². The lowest BCUT2D eigenvalue weighted by Gasteiger charge is -2.10. The van der Waals surface area contributed by atoms with Crippen molar-refractivity contribution in [2.24, 2.45) is 0 Å². The molecule has 2 rings (SSSR count). The molecule has 0 spiro atoms. The van der Waals surface area contributed by atoms with Gasteiger partial charge in [-0.2, -0.15) is 5.26 Å². The van der Waals surface area contributed by atoms with Gasteiger partial charge in [0.15, 0.2) is 0 Å². The molecule has 0 aliphatic rings. The topological polar surface area (TPSA) is 49.0 Å². The summed E-state index contributed by atoms with van der Waals surface area (Å²) >= 11 is 0. The quantitative estimate of drug-likeness (QED) is 0.817. The fourth-order valence-corrected chi connectivity index (χ4v) is 2.04. The molecule has 0 saturated heterocycles. The largest absolute Gasteiger partial charge is 0.459 e. The van der Waals surface area contributed by atoms with Crippen molar-refractivity contribution >= 4 is 11.0 Å². The van der Waals surface area contributed by atoms with Gasteiger partial charge in [0.05, 0.1) is 12.1 Å². The van der Waals surface area contributed by atoms with E-state index in [1.165, 1.54) is 5.56 Å². The summed E-state index contributed by atoms with van der Waals surface area (Å²) < 4.78 is 5.85. The lowest BCUT2D eigenvalue weighted by molar-refractivity contribution is 0.452. The lowest BCUT2D eigenvalue weighted by atomic mass is 10.1. The third-order valence-electron chi connectivity index (χ3n) is 2.96. The summed E-state index contributed by atoms with van der Waals surface area (Å²) in [5.74, 6) is 0.962. The average molecular weight is 228 g/mol. The highest BCUT2D eigenvalue weighted by atomic mass is 16.3. The highest BCUT2D eigenvalue weighted by Gasteiger charge is 2.15. The van der Waals surface area contributed by atoms with Gasteiger partial charge < -0.3 is 9.73 Å². The Bertz CT molecular complexity index is 551. The third-order valence-corrected chi connectivity index (χ3v) is 2.96. The van der Waals surface area contributed by atoms with Crippen LogP contribution in [-0.4, -0.2) is 6.54 Å². The third kappa shape index (κ3) is 2.32. The molecule has 0 fully saturated rings. The number of nitrogens with zero attached hydrogens (tertiary/aromatic N) is 1. The van der Waals surface area contributed by atoms with Crippen molar-refractivity contribution in [3.8, 4) is 6.07 Å². The first-order valence-electron chi connectivity index (χ1n) is 5.82. The molecule has 0 amide bonds. The van der Waals surface area contributed by atoms with Gasteiger partial charge in [-0.1, -0.05) is 18.2 Å². The van der Waals surface area contributed by atoms with Gasteiger partial charge >= 0.3 is 0 Å². The van der Waals surface area contributed by atoms with Crippen LogP contribution in [-0.2, 0) is 0 Å². The van der Waals surface area contributed by atoms with E-state index in [0.29, 0.717) is 13.0 Å². The van der Waals surface area contributed by atoms with Crippen LogP contribution in [0.15, 0.2) is 28.7 Å². The van der Waals surface area contributed by atoms with Crippen LogP contribution >= 0.6 is 0 Å². The predicted molar refractivity (Wildman–Crippen MR) is 67.6 cm³/mol.